The van der Waals surface area contributed by atoms with E-state index in [-0.39, 0.29) is 6.04 Å². The molecule has 1 unspecified atom stereocenters. The fourth-order valence-electron chi connectivity index (χ4n) is 1.26. The van der Waals surface area contributed by atoms with Crippen LogP contribution < -0.4 is 5.32 Å². The maximum Gasteiger partial charge on any atom is 0.115 e. The monoisotopic (exact) mass is 225 g/mol. The Bertz CT molecular complexity index is 394. The molecule has 2 aromatic rings. The number of thiazole rings is 2. The van der Waals surface area contributed by atoms with Crippen LogP contribution in [-0.2, 0) is 0 Å². The number of hydrogen-bond acceptors (Lipinski definition) is 5. The minimum absolute atomic E-state index is 0.196. The van der Waals surface area contributed by atoms with Crippen molar-refractivity contribution in [2.75, 3.05) is 7.05 Å². The van der Waals surface area contributed by atoms with Gasteiger partial charge in [0.1, 0.15) is 5.01 Å². The molecule has 1 N–H and O–H groups in total. The van der Waals surface area contributed by atoms with E-state index in [4.69, 9.17) is 0 Å². The van der Waals surface area contributed by atoms with E-state index in [1.807, 2.05) is 25.7 Å². The lowest BCUT2D eigenvalue weighted by atomic mass is 10.3. The van der Waals surface area contributed by atoms with Crippen LogP contribution in [0.4, 0.5) is 0 Å². The molecule has 0 spiro atoms. The summed E-state index contributed by atoms with van der Waals surface area (Å²) in [5.41, 5.74) is 2.93. The van der Waals surface area contributed by atoms with Crippen molar-refractivity contribution in [1.82, 2.24) is 15.3 Å². The van der Waals surface area contributed by atoms with Crippen LogP contribution in [0.5, 0.6) is 0 Å². The first-order chi connectivity index (χ1) is 6.81. The van der Waals surface area contributed by atoms with Crippen molar-refractivity contribution in [3.63, 3.8) is 0 Å². The summed E-state index contributed by atoms with van der Waals surface area (Å²) >= 11 is 3.34. The molecule has 3 nitrogen and oxygen atoms in total. The van der Waals surface area contributed by atoms with Gasteiger partial charge in [0.25, 0.3) is 0 Å². The minimum atomic E-state index is 0.196. The summed E-state index contributed by atoms with van der Waals surface area (Å²) in [6.07, 6.45) is 1.89. The van der Waals surface area contributed by atoms with E-state index >= 15 is 0 Å². The van der Waals surface area contributed by atoms with E-state index in [1.165, 1.54) is 4.88 Å². The number of hydrogen-bond donors (Lipinski definition) is 1. The fraction of sp³-hybridized carbons (Fsp3) is 0.333. The molecule has 0 aromatic carbocycles. The molecule has 1 atom stereocenters. The lowest BCUT2D eigenvalue weighted by molar-refractivity contribution is 0.695. The summed E-state index contributed by atoms with van der Waals surface area (Å²) in [4.78, 5) is 9.76. The van der Waals surface area contributed by atoms with Gasteiger partial charge >= 0.3 is 0 Å². The molecule has 0 aliphatic rings. The van der Waals surface area contributed by atoms with Gasteiger partial charge in [0.05, 0.1) is 11.6 Å². The van der Waals surface area contributed by atoms with E-state index in [9.17, 15) is 0 Å². The molecule has 0 fully saturated rings. The molecule has 2 heterocycles. The zero-order valence-electron chi connectivity index (χ0n) is 8.02. The summed E-state index contributed by atoms with van der Waals surface area (Å²) < 4.78 is 0. The summed E-state index contributed by atoms with van der Waals surface area (Å²) in [5.74, 6) is 0. The van der Waals surface area contributed by atoms with Gasteiger partial charge < -0.3 is 5.32 Å². The van der Waals surface area contributed by atoms with Crippen LogP contribution >= 0.6 is 22.7 Å². The molecule has 2 aromatic heterocycles. The number of aryl methyl sites for hydroxylation is 1. The molecule has 0 aliphatic carbocycles. The van der Waals surface area contributed by atoms with Gasteiger partial charge in [0, 0.05) is 22.1 Å². The van der Waals surface area contributed by atoms with E-state index in [0.717, 1.165) is 10.7 Å². The number of rotatable bonds is 3. The molecule has 2 rings (SSSR count). The van der Waals surface area contributed by atoms with Crippen molar-refractivity contribution >= 4 is 22.7 Å². The molecule has 0 aliphatic heterocycles. The summed E-state index contributed by atoms with van der Waals surface area (Å²) in [6, 6.07) is 0.196. The van der Waals surface area contributed by atoms with Crippen molar-refractivity contribution < 1.29 is 0 Å². The predicted octanol–water partition coefficient (Wildman–Crippen LogP) is 2.22. The first-order valence-corrected chi connectivity index (χ1v) is 6.05. The quantitative estimate of drug-likeness (QED) is 0.870. The smallest absolute Gasteiger partial charge is 0.115 e. The van der Waals surface area contributed by atoms with Crippen LogP contribution in [0.25, 0.3) is 0 Å². The van der Waals surface area contributed by atoms with E-state index < -0.39 is 0 Å². The Labute approximate surface area is 90.9 Å². The van der Waals surface area contributed by atoms with Crippen molar-refractivity contribution in [2.45, 2.75) is 13.0 Å². The third kappa shape index (κ3) is 1.84. The van der Waals surface area contributed by atoms with Gasteiger partial charge in [-0.05, 0) is 14.0 Å². The first-order valence-electron chi connectivity index (χ1n) is 4.29. The topological polar surface area (TPSA) is 37.8 Å². The first kappa shape index (κ1) is 9.76. The van der Waals surface area contributed by atoms with Gasteiger partial charge in [-0.1, -0.05) is 0 Å². The zero-order valence-corrected chi connectivity index (χ0v) is 9.65. The molecule has 14 heavy (non-hydrogen) atoms. The third-order valence-electron chi connectivity index (χ3n) is 1.91. The van der Waals surface area contributed by atoms with Gasteiger partial charge in [-0.3, -0.25) is 4.98 Å². The van der Waals surface area contributed by atoms with Crippen LogP contribution in [-0.4, -0.2) is 17.0 Å². The highest BCUT2D eigenvalue weighted by Gasteiger charge is 2.16. The standard InChI is InChI=1S/C9H11N3S2/c1-6-4-13-9(12-6)8(10-2)7-3-11-5-14-7/h3-5,8,10H,1-2H3. The minimum Gasteiger partial charge on any atom is -0.307 e. The summed E-state index contributed by atoms with van der Waals surface area (Å²) in [6.45, 7) is 2.01. The molecule has 0 amide bonds. The highest BCUT2D eigenvalue weighted by atomic mass is 32.1. The lowest BCUT2D eigenvalue weighted by Gasteiger charge is -2.09. The molecule has 0 bridgehead atoms. The van der Waals surface area contributed by atoms with Crippen LogP contribution in [0, 0.1) is 6.92 Å². The van der Waals surface area contributed by atoms with Gasteiger partial charge in [0.2, 0.25) is 0 Å². The average Bonchev–Trinajstić information content (AvgIpc) is 2.79. The number of aromatic nitrogens is 2. The Morgan fingerprint density at radius 3 is 2.79 bits per heavy atom. The Hall–Kier alpha value is -0.780. The van der Waals surface area contributed by atoms with Gasteiger partial charge in [-0.25, -0.2) is 4.98 Å². The van der Waals surface area contributed by atoms with Crippen LogP contribution in [0.2, 0.25) is 0 Å². The third-order valence-corrected chi connectivity index (χ3v) is 3.78. The molecule has 0 radical (unpaired) electrons. The van der Waals surface area contributed by atoms with Crippen molar-refractivity contribution in [2.24, 2.45) is 0 Å². The zero-order chi connectivity index (χ0) is 9.97. The Kier molecular flexibility index (Phi) is 2.90. The Balaban J connectivity index is 2.31. The molecule has 0 saturated heterocycles. The number of nitrogens with zero attached hydrogens (tertiary/aromatic N) is 2. The second kappa shape index (κ2) is 4.16. The highest BCUT2D eigenvalue weighted by Crippen LogP contribution is 2.26. The SMILES string of the molecule is CNC(c1cncs1)c1nc(C)cs1. The molecule has 74 valence electrons. The molecule has 5 heteroatoms. The van der Waals surface area contributed by atoms with Crippen molar-refractivity contribution in [3.05, 3.63) is 32.7 Å². The average molecular weight is 225 g/mol. The second-order valence-corrected chi connectivity index (χ2v) is 4.76. The van der Waals surface area contributed by atoms with Crippen molar-refractivity contribution in [1.29, 1.82) is 0 Å². The van der Waals surface area contributed by atoms with Crippen LogP contribution in [0.1, 0.15) is 21.6 Å². The summed E-state index contributed by atoms with van der Waals surface area (Å²) in [5, 5.41) is 6.43. The highest BCUT2D eigenvalue weighted by molar-refractivity contribution is 7.11. The fourth-order valence-corrected chi connectivity index (χ4v) is 2.99. The normalized spacial score (nSPS) is 13.0. The van der Waals surface area contributed by atoms with Crippen LogP contribution in [0.3, 0.4) is 0 Å². The maximum absolute atomic E-state index is 4.47. The lowest BCUT2D eigenvalue weighted by Crippen LogP contribution is -2.16. The Morgan fingerprint density at radius 1 is 1.43 bits per heavy atom. The van der Waals surface area contributed by atoms with Gasteiger partial charge in [-0.15, -0.1) is 22.7 Å². The second-order valence-electron chi connectivity index (χ2n) is 2.95. The molecular formula is C9H11N3S2. The molecule has 0 saturated carbocycles. The van der Waals surface area contributed by atoms with E-state index in [0.29, 0.717) is 0 Å². The maximum atomic E-state index is 4.47. The van der Waals surface area contributed by atoms with E-state index in [1.54, 1.807) is 22.7 Å². The predicted molar refractivity (Wildman–Crippen MR) is 59.9 cm³/mol. The number of nitrogens with one attached hydrogen (secondary N) is 1. The Morgan fingerprint density at radius 2 is 2.29 bits per heavy atom. The van der Waals surface area contributed by atoms with Crippen molar-refractivity contribution in [3.8, 4) is 0 Å². The van der Waals surface area contributed by atoms with Gasteiger partial charge in [-0.2, -0.15) is 0 Å². The summed E-state index contributed by atoms with van der Waals surface area (Å²) in [7, 11) is 1.95. The van der Waals surface area contributed by atoms with Gasteiger partial charge in [0.15, 0.2) is 0 Å². The van der Waals surface area contributed by atoms with Crippen LogP contribution in [0.15, 0.2) is 17.1 Å². The largest absolute Gasteiger partial charge is 0.307 e. The molecular weight excluding hydrogens is 214 g/mol. The van der Waals surface area contributed by atoms with E-state index in [2.05, 4.69) is 20.7 Å².